The van der Waals surface area contributed by atoms with E-state index in [2.05, 4.69) is 6.07 Å². The molecule has 18 heavy (non-hydrogen) atoms. The number of hydrogen-bond donors (Lipinski definition) is 0. The Morgan fingerprint density at radius 1 is 1.00 bits per heavy atom. The van der Waals surface area contributed by atoms with Crippen molar-refractivity contribution in [3.8, 4) is 17.6 Å². The van der Waals surface area contributed by atoms with Crippen molar-refractivity contribution in [2.75, 3.05) is 25.0 Å². The van der Waals surface area contributed by atoms with Crippen molar-refractivity contribution in [2.45, 2.75) is 12.8 Å². The Kier molecular flexibility index (Phi) is 7.40. The van der Waals surface area contributed by atoms with E-state index in [1.807, 2.05) is 0 Å². The minimum Gasteiger partial charge on any atom is -0.490 e. The van der Waals surface area contributed by atoms with Crippen LogP contribution in [0.5, 0.6) is 11.5 Å². The Labute approximate surface area is 117 Å². The molecule has 0 aliphatic rings. The van der Waals surface area contributed by atoms with Crippen molar-refractivity contribution in [3.63, 3.8) is 0 Å². The number of benzene rings is 1. The summed E-state index contributed by atoms with van der Waals surface area (Å²) in [6.45, 7) is 1.03. The Hall–Kier alpha value is -1.11. The van der Waals surface area contributed by atoms with Crippen molar-refractivity contribution in [3.05, 3.63) is 23.8 Å². The molecular weight excluding hydrogens is 273 g/mol. The maximum absolute atomic E-state index is 8.85. The molecule has 5 heteroatoms. The molecule has 0 saturated heterocycles. The number of nitrogens with zero attached hydrogens (tertiary/aromatic N) is 1. The third kappa shape index (κ3) is 5.03. The largest absolute Gasteiger partial charge is 0.490 e. The molecule has 0 saturated carbocycles. The summed E-state index contributed by atoms with van der Waals surface area (Å²) in [6, 6.07) is 7.18. The van der Waals surface area contributed by atoms with Crippen molar-refractivity contribution < 1.29 is 9.47 Å². The number of hydrogen-bond acceptors (Lipinski definition) is 3. The molecule has 0 spiro atoms. The van der Waals surface area contributed by atoms with Crippen molar-refractivity contribution in [1.29, 1.82) is 5.26 Å². The molecule has 0 unspecified atom stereocenters. The lowest BCUT2D eigenvalue weighted by atomic mass is 10.2. The first kappa shape index (κ1) is 14.9. The summed E-state index contributed by atoms with van der Waals surface area (Å²) in [6.07, 6.45) is 1.52. The molecule has 0 N–H and O–H groups in total. The first-order chi connectivity index (χ1) is 8.81. The molecule has 0 bridgehead atoms. The monoisotopic (exact) mass is 287 g/mol. The molecule has 1 aromatic carbocycles. The number of rotatable bonds is 8. The van der Waals surface area contributed by atoms with Gasteiger partial charge in [-0.2, -0.15) is 5.26 Å². The van der Waals surface area contributed by atoms with Crippen LogP contribution in [-0.4, -0.2) is 25.0 Å². The van der Waals surface area contributed by atoms with Crippen LogP contribution in [0.15, 0.2) is 18.2 Å². The highest BCUT2D eigenvalue weighted by Gasteiger charge is 2.06. The zero-order valence-corrected chi connectivity index (χ0v) is 11.5. The molecule has 0 radical (unpaired) electrons. The van der Waals surface area contributed by atoms with Crippen LogP contribution in [0.4, 0.5) is 0 Å². The number of halogens is 2. The number of alkyl halides is 2. The predicted molar refractivity (Wildman–Crippen MR) is 72.8 cm³/mol. The minimum atomic E-state index is 0.504. The van der Waals surface area contributed by atoms with E-state index in [4.69, 9.17) is 37.9 Å². The standard InChI is InChI=1S/C13H15Cl2NO2/c14-5-1-7-17-12-4-3-11(10-16)9-13(12)18-8-2-6-15/h3-4,9H,1-2,5-8H2. The Bertz CT molecular complexity index is 404. The maximum atomic E-state index is 8.85. The van der Waals surface area contributed by atoms with Gasteiger partial charge in [-0.3, -0.25) is 0 Å². The summed E-state index contributed by atoms with van der Waals surface area (Å²) in [5, 5.41) is 8.85. The molecule has 3 nitrogen and oxygen atoms in total. The van der Waals surface area contributed by atoms with Gasteiger partial charge < -0.3 is 9.47 Å². The van der Waals surface area contributed by atoms with Gasteiger partial charge in [0.1, 0.15) is 0 Å². The van der Waals surface area contributed by atoms with Crippen molar-refractivity contribution in [2.24, 2.45) is 0 Å². The van der Waals surface area contributed by atoms with Gasteiger partial charge in [0.2, 0.25) is 0 Å². The summed E-state index contributed by atoms with van der Waals surface area (Å²) in [7, 11) is 0. The second-order valence-corrected chi connectivity index (χ2v) is 4.31. The summed E-state index contributed by atoms with van der Waals surface area (Å²) in [5.74, 6) is 2.31. The molecule has 0 heterocycles. The first-order valence-electron chi connectivity index (χ1n) is 5.73. The van der Waals surface area contributed by atoms with Crippen molar-refractivity contribution in [1.82, 2.24) is 0 Å². The van der Waals surface area contributed by atoms with Crippen LogP contribution in [0.1, 0.15) is 18.4 Å². The molecular formula is C13H15Cl2NO2. The second kappa shape index (κ2) is 8.91. The molecule has 0 atom stereocenters. The topological polar surface area (TPSA) is 42.2 Å². The van der Waals surface area contributed by atoms with Gasteiger partial charge in [-0.1, -0.05) is 0 Å². The third-order valence-electron chi connectivity index (χ3n) is 2.14. The fourth-order valence-electron chi connectivity index (χ4n) is 1.28. The van der Waals surface area contributed by atoms with E-state index in [0.29, 0.717) is 42.0 Å². The van der Waals surface area contributed by atoms with Gasteiger partial charge in [-0.25, -0.2) is 0 Å². The zero-order valence-electron chi connectivity index (χ0n) is 9.99. The summed E-state index contributed by atoms with van der Waals surface area (Å²) >= 11 is 11.2. The fraction of sp³-hybridized carbons (Fsp3) is 0.462. The normalized spacial score (nSPS) is 9.83. The SMILES string of the molecule is N#Cc1ccc(OCCCCl)c(OCCCCl)c1. The molecule has 0 amide bonds. The molecule has 0 aromatic heterocycles. The van der Waals surface area contributed by atoms with E-state index in [0.717, 1.165) is 12.8 Å². The predicted octanol–water partition coefficient (Wildman–Crippen LogP) is 3.57. The third-order valence-corrected chi connectivity index (χ3v) is 2.68. The van der Waals surface area contributed by atoms with Crippen LogP contribution >= 0.6 is 23.2 Å². The number of ether oxygens (including phenoxy) is 2. The summed E-state index contributed by atoms with van der Waals surface area (Å²) in [4.78, 5) is 0. The van der Waals surface area contributed by atoms with Crippen LogP contribution in [0.3, 0.4) is 0 Å². The fourth-order valence-corrected chi connectivity index (χ4v) is 1.50. The molecule has 1 rings (SSSR count). The average molecular weight is 288 g/mol. The van der Waals surface area contributed by atoms with Gasteiger partial charge in [0.05, 0.1) is 24.8 Å². The van der Waals surface area contributed by atoms with Gasteiger partial charge in [0.15, 0.2) is 11.5 Å². The molecule has 0 aliphatic heterocycles. The second-order valence-electron chi connectivity index (χ2n) is 3.56. The lowest BCUT2D eigenvalue weighted by molar-refractivity contribution is 0.269. The Morgan fingerprint density at radius 3 is 2.17 bits per heavy atom. The van der Waals surface area contributed by atoms with E-state index in [-0.39, 0.29) is 0 Å². The Morgan fingerprint density at radius 2 is 1.61 bits per heavy atom. The minimum absolute atomic E-state index is 0.504. The highest BCUT2D eigenvalue weighted by atomic mass is 35.5. The molecule has 0 fully saturated rings. The highest BCUT2D eigenvalue weighted by molar-refractivity contribution is 6.18. The zero-order chi connectivity index (χ0) is 13.2. The lowest BCUT2D eigenvalue weighted by Gasteiger charge is -2.12. The van der Waals surface area contributed by atoms with E-state index in [1.165, 1.54) is 0 Å². The van der Waals surface area contributed by atoms with Gasteiger partial charge in [-0.15, -0.1) is 23.2 Å². The van der Waals surface area contributed by atoms with Crippen LogP contribution in [0.25, 0.3) is 0 Å². The van der Waals surface area contributed by atoms with E-state index in [1.54, 1.807) is 18.2 Å². The van der Waals surface area contributed by atoms with Crippen LogP contribution in [0.2, 0.25) is 0 Å². The lowest BCUT2D eigenvalue weighted by Crippen LogP contribution is -2.03. The summed E-state index contributed by atoms with van der Waals surface area (Å²) in [5.41, 5.74) is 0.542. The first-order valence-corrected chi connectivity index (χ1v) is 6.80. The van der Waals surface area contributed by atoms with E-state index < -0.39 is 0 Å². The van der Waals surface area contributed by atoms with Gasteiger partial charge >= 0.3 is 0 Å². The summed E-state index contributed by atoms with van der Waals surface area (Å²) < 4.78 is 11.1. The van der Waals surface area contributed by atoms with Crippen LogP contribution < -0.4 is 9.47 Å². The highest BCUT2D eigenvalue weighted by Crippen LogP contribution is 2.28. The molecule has 1 aromatic rings. The van der Waals surface area contributed by atoms with E-state index >= 15 is 0 Å². The van der Waals surface area contributed by atoms with E-state index in [9.17, 15) is 0 Å². The van der Waals surface area contributed by atoms with Crippen LogP contribution in [0, 0.1) is 11.3 Å². The Balaban J connectivity index is 2.70. The quantitative estimate of drug-likeness (QED) is 0.542. The average Bonchev–Trinajstić information content (AvgIpc) is 2.40. The van der Waals surface area contributed by atoms with Gasteiger partial charge in [0, 0.05) is 17.8 Å². The maximum Gasteiger partial charge on any atom is 0.162 e. The van der Waals surface area contributed by atoms with Gasteiger partial charge in [-0.05, 0) is 25.0 Å². The number of nitriles is 1. The van der Waals surface area contributed by atoms with Crippen molar-refractivity contribution >= 4 is 23.2 Å². The molecule has 98 valence electrons. The van der Waals surface area contributed by atoms with Gasteiger partial charge in [0.25, 0.3) is 0 Å². The van der Waals surface area contributed by atoms with Crippen LogP contribution in [-0.2, 0) is 0 Å². The smallest absolute Gasteiger partial charge is 0.162 e. The molecule has 0 aliphatic carbocycles.